The Labute approximate surface area is 163 Å². The highest BCUT2D eigenvalue weighted by atomic mass is 19.4. The van der Waals surface area contributed by atoms with Crippen molar-refractivity contribution in [3.63, 3.8) is 0 Å². The van der Waals surface area contributed by atoms with Crippen molar-refractivity contribution < 1.29 is 22.8 Å². The summed E-state index contributed by atoms with van der Waals surface area (Å²) in [7, 11) is 0. The number of halogens is 3. The van der Waals surface area contributed by atoms with Crippen LogP contribution in [0.4, 0.5) is 24.5 Å². The molecular weight excluding hydrogens is 371 g/mol. The maximum atomic E-state index is 13.2. The second-order valence-corrected chi connectivity index (χ2v) is 8.21. The molecule has 0 spiro atoms. The van der Waals surface area contributed by atoms with Crippen LogP contribution in [-0.2, 0) is 15.8 Å². The molecule has 1 aliphatic rings. The average Bonchev–Trinajstić information content (AvgIpc) is 2.60. The number of carbonyl (C=O) groups is 2. The molecule has 156 valence electrons. The van der Waals surface area contributed by atoms with Crippen molar-refractivity contribution in [2.45, 2.75) is 59.2 Å². The molecule has 1 aromatic carbocycles. The highest BCUT2D eigenvalue weighted by molar-refractivity contribution is 5.99. The lowest BCUT2D eigenvalue weighted by Crippen LogP contribution is -2.46. The monoisotopic (exact) mass is 399 g/mol. The first-order chi connectivity index (χ1) is 12.9. The van der Waals surface area contributed by atoms with Gasteiger partial charge in [-0.1, -0.05) is 20.8 Å². The van der Waals surface area contributed by atoms with Gasteiger partial charge in [0.25, 0.3) is 0 Å². The number of nitrogens with zero attached hydrogens (tertiary/aromatic N) is 1. The normalized spacial score (nSPS) is 16.5. The Hall–Kier alpha value is -2.25. The maximum Gasteiger partial charge on any atom is 0.416 e. The van der Waals surface area contributed by atoms with Crippen LogP contribution in [0.2, 0.25) is 0 Å². The predicted molar refractivity (Wildman–Crippen MR) is 103 cm³/mol. The van der Waals surface area contributed by atoms with Crippen LogP contribution < -0.4 is 15.5 Å². The van der Waals surface area contributed by atoms with Crippen LogP contribution in [0.15, 0.2) is 18.2 Å². The number of alkyl halides is 3. The minimum Gasteiger partial charge on any atom is -0.370 e. The van der Waals surface area contributed by atoms with Gasteiger partial charge in [-0.2, -0.15) is 13.2 Å². The molecule has 5 nitrogen and oxygen atoms in total. The van der Waals surface area contributed by atoms with E-state index in [-0.39, 0.29) is 11.6 Å². The van der Waals surface area contributed by atoms with Gasteiger partial charge in [0.1, 0.15) is 6.04 Å². The quantitative estimate of drug-likeness (QED) is 0.798. The Balaban J connectivity index is 2.25. The second kappa shape index (κ2) is 8.41. The molecule has 8 heteroatoms. The number of benzene rings is 1. The number of rotatable bonds is 4. The zero-order valence-corrected chi connectivity index (χ0v) is 16.7. The predicted octanol–water partition coefficient (Wildman–Crippen LogP) is 4.19. The number of amides is 2. The van der Waals surface area contributed by atoms with Gasteiger partial charge in [0.2, 0.25) is 11.8 Å². The van der Waals surface area contributed by atoms with Gasteiger partial charge in [-0.3, -0.25) is 9.59 Å². The number of hydrogen-bond donors (Lipinski definition) is 2. The van der Waals surface area contributed by atoms with Crippen molar-refractivity contribution in [3.8, 4) is 0 Å². The zero-order chi connectivity index (χ0) is 21.1. The molecule has 28 heavy (non-hydrogen) atoms. The third-order valence-electron chi connectivity index (χ3n) is 4.70. The molecule has 0 radical (unpaired) electrons. The summed E-state index contributed by atoms with van der Waals surface area (Å²) in [6.45, 7) is 8.11. The zero-order valence-electron chi connectivity index (χ0n) is 16.7. The molecule has 0 aromatic heterocycles. The first kappa shape index (κ1) is 22.0. The Morgan fingerprint density at radius 2 is 1.68 bits per heavy atom. The standard InChI is InChI=1S/C20H28F3N3O2/c1-13(24-18(28)19(2,3)4)17(27)25-15-12-14(20(21,22)23)8-9-16(15)26-10-6-5-7-11-26/h8-9,12-13H,5-7,10-11H2,1-4H3,(H,24,28)(H,25,27). The minimum absolute atomic E-state index is 0.110. The van der Waals surface area contributed by atoms with E-state index in [4.69, 9.17) is 0 Å². The molecule has 0 bridgehead atoms. The fraction of sp³-hybridized carbons (Fsp3) is 0.600. The number of piperidine rings is 1. The van der Waals surface area contributed by atoms with Crippen molar-refractivity contribution >= 4 is 23.2 Å². The lowest BCUT2D eigenvalue weighted by molar-refractivity contribution is -0.137. The number of nitrogens with one attached hydrogen (secondary N) is 2. The van der Waals surface area contributed by atoms with Crippen LogP contribution in [0, 0.1) is 5.41 Å². The van der Waals surface area contributed by atoms with Crippen LogP contribution in [-0.4, -0.2) is 30.9 Å². The summed E-state index contributed by atoms with van der Waals surface area (Å²) in [5.74, 6) is -0.870. The molecule has 1 aromatic rings. The highest BCUT2D eigenvalue weighted by Gasteiger charge is 2.32. The Kier molecular flexibility index (Phi) is 6.62. The third-order valence-corrected chi connectivity index (χ3v) is 4.70. The van der Waals surface area contributed by atoms with Crippen molar-refractivity contribution in [2.75, 3.05) is 23.3 Å². The Bertz CT molecular complexity index is 720. The summed E-state index contributed by atoms with van der Waals surface area (Å²) in [5, 5.41) is 5.18. The van der Waals surface area contributed by atoms with Crippen LogP contribution in [0.25, 0.3) is 0 Å². The van der Waals surface area contributed by atoms with Crippen LogP contribution >= 0.6 is 0 Å². The molecule has 0 saturated carbocycles. The van der Waals surface area contributed by atoms with Crippen molar-refractivity contribution in [2.24, 2.45) is 5.41 Å². The molecule has 1 saturated heterocycles. The van der Waals surface area contributed by atoms with Gasteiger partial charge in [-0.15, -0.1) is 0 Å². The Morgan fingerprint density at radius 1 is 1.07 bits per heavy atom. The van der Waals surface area contributed by atoms with Gasteiger partial charge in [-0.25, -0.2) is 0 Å². The molecule has 2 rings (SSSR count). The van der Waals surface area contributed by atoms with Gasteiger partial charge >= 0.3 is 6.18 Å². The van der Waals surface area contributed by atoms with Crippen molar-refractivity contribution in [3.05, 3.63) is 23.8 Å². The highest BCUT2D eigenvalue weighted by Crippen LogP contribution is 2.36. The van der Waals surface area contributed by atoms with E-state index in [2.05, 4.69) is 10.6 Å². The molecule has 1 heterocycles. The summed E-state index contributed by atoms with van der Waals surface area (Å²) in [6.07, 6.45) is -1.53. The van der Waals surface area contributed by atoms with Crippen LogP contribution in [0.1, 0.15) is 52.5 Å². The van der Waals surface area contributed by atoms with E-state index in [1.165, 1.54) is 13.0 Å². The second-order valence-electron chi connectivity index (χ2n) is 8.21. The van der Waals surface area contributed by atoms with E-state index in [1.807, 2.05) is 4.90 Å². The molecule has 0 aliphatic carbocycles. The SMILES string of the molecule is CC(NC(=O)C(C)(C)C)C(=O)Nc1cc(C(F)(F)F)ccc1N1CCCCC1. The fourth-order valence-electron chi connectivity index (χ4n) is 2.94. The summed E-state index contributed by atoms with van der Waals surface area (Å²) >= 11 is 0. The smallest absolute Gasteiger partial charge is 0.370 e. The first-order valence-electron chi connectivity index (χ1n) is 9.47. The summed E-state index contributed by atoms with van der Waals surface area (Å²) < 4.78 is 39.5. The first-order valence-corrected chi connectivity index (χ1v) is 9.47. The van der Waals surface area contributed by atoms with Crippen LogP contribution in [0.3, 0.4) is 0 Å². The molecule has 2 amide bonds. The topological polar surface area (TPSA) is 61.4 Å². The maximum absolute atomic E-state index is 13.2. The van der Waals surface area contributed by atoms with Gasteiger partial charge in [-0.05, 0) is 44.4 Å². The largest absolute Gasteiger partial charge is 0.416 e. The molecule has 2 N–H and O–H groups in total. The van der Waals surface area contributed by atoms with Gasteiger partial charge < -0.3 is 15.5 Å². The number of hydrogen-bond acceptors (Lipinski definition) is 3. The molecule has 1 aliphatic heterocycles. The van der Waals surface area contributed by atoms with Crippen LogP contribution in [0.5, 0.6) is 0 Å². The minimum atomic E-state index is -4.51. The number of carbonyl (C=O) groups excluding carboxylic acids is 2. The van der Waals surface area contributed by atoms with Gasteiger partial charge in [0.05, 0.1) is 16.9 Å². The third kappa shape index (κ3) is 5.62. The number of anilines is 2. The van der Waals surface area contributed by atoms with Gasteiger partial charge in [0.15, 0.2) is 0 Å². The van der Waals surface area contributed by atoms with E-state index >= 15 is 0 Å². The van der Waals surface area contributed by atoms with E-state index in [0.717, 1.165) is 44.5 Å². The van der Waals surface area contributed by atoms with E-state index in [0.29, 0.717) is 5.69 Å². The van der Waals surface area contributed by atoms with Crippen molar-refractivity contribution in [1.82, 2.24) is 5.32 Å². The molecule has 1 unspecified atom stereocenters. The average molecular weight is 399 g/mol. The van der Waals surface area contributed by atoms with Crippen molar-refractivity contribution in [1.29, 1.82) is 0 Å². The lowest BCUT2D eigenvalue weighted by Gasteiger charge is -2.31. The molecular formula is C20H28F3N3O2. The molecule has 1 atom stereocenters. The van der Waals surface area contributed by atoms with E-state index < -0.39 is 29.1 Å². The summed E-state index contributed by atoms with van der Waals surface area (Å²) in [4.78, 5) is 26.6. The fourth-order valence-corrected chi connectivity index (χ4v) is 2.94. The van der Waals surface area contributed by atoms with E-state index in [1.54, 1.807) is 20.8 Å². The lowest BCUT2D eigenvalue weighted by atomic mass is 9.95. The van der Waals surface area contributed by atoms with E-state index in [9.17, 15) is 22.8 Å². The summed E-state index contributed by atoms with van der Waals surface area (Å²) in [6, 6.07) is 2.52. The molecule has 1 fully saturated rings. The Morgan fingerprint density at radius 3 is 2.21 bits per heavy atom. The summed E-state index contributed by atoms with van der Waals surface area (Å²) in [5.41, 5.74) is -0.826. The van der Waals surface area contributed by atoms with Gasteiger partial charge in [0, 0.05) is 18.5 Å².